The van der Waals surface area contributed by atoms with Gasteiger partial charge in [-0.1, -0.05) is 35.3 Å². The number of carbonyl (C=O) groups excluding carboxylic acids is 2. The van der Waals surface area contributed by atoms with Crippen molar-refractivity contribution in [3.63, 3.8) is 0 Å². The molecule has 2 aromatic rings. The molecule has 25 heavy (non-hydrogen) atoms. The Morgan fingerprint density at radius 1 is 0.840 bits per heavy atom. The monoisotopic (exact) mass is 384 g/mol. The molecular formula is C19H16Cl2F2O2. The molecule has 0 N–H and O–H groups in total. The molecule has 0 aromatic heterocycles. The van der Waals surface area contributed by atoms with E-state index in [1.165, 1.54) is 50.2 Å². The number of benzene rings is 2. The highest BCUT2D eigenvalue weighted by Crippen LogP contribution is 2.36. The highest BCUT2D eigenvalue weighted by Gasteiger charge is 2.42. The predicted molar refractivity (Wildman–Crippen MR) is 94.0 cm³/mol. The second-order valence-electron chi connectivity index (χ2n) is 5.95. The molecule has 132 valence electrons. The van der Waals surface area contributed by atoms with Gasteiger partial charge in [-0.05, 0) is 51.0 Å². The van der Waals surface area contributed by atoms with Gasteiger partial charge >= 0.3 is 0 Å². The van der Waals surface area contributed by atoms with Crippen LogP contribution < -0.4 is 0 Å². The molecule has 2 rings (SSSR count). The zero-order valence-electron chi connectivity index (χ0n) is 13.7. The summed E-state index contributed by atoms with van der Waals surface area (Å²) in [5.41, 5.74) is -1.57. The lowest BCUT2D eigenvalue weighted by atomic mass is 9.71. The van der Waals surface area contributed by atoms with Crippen LogP contribution >= 0.6 is 23.2 Å². The van der Waals surface area contributed by atoms with E-state index in [-0.39, 0.29) is 34.0 Å². The number of halogens is 4. The Bertz CT molecular complexity index is 724. The van der Waals surface area contributed by atoms with Crippen LogP contribution in [0.3, 0.4) is 0 Å². The zero-order valence-corrected chi connectivity index (χ0v) is 15.2. The highest BCUT2D eigenvalue weighted by atomic mass is 35.5. The Balaban J connectivity index is 2.59. The van der Waals surface area contributed by atoms with Gasteiger partial charge in [-0.2, -0.15) is 0 Å². The van der Waals surface area contributed by atoms with Gasteiger partial charge in [-0.15, -0.1) is 0 Å². The number of carbonyl (C=O) groups is 2. The summed E-state index contributed by atoms with van der Waals surface area (Å²) in [6, 6.07) is 8.20. The molecule has 0 saturated carbocycles. The molecule has 0 unspecified atom stereocenters. The number of ketones is 2. The van der Waals surface area contributed by atoms with Crippen molar-refractivity contribution in [1.29, 1.82) is 0 Å². The first-order valence-electron chi connectivity index (χ1n) is 7.57. The van der Waals surface area contributed by atoms with Gasteiger partial charge in [0, 0.05) is 21.2 Å². The minimum Gasteiger partial charge on any atom is -0.299 e. The standard InChI is InChI=1S/C19H16Cl2F2O2/c1-11(24)19(12(2)25,9-13-15(20)5-3-7-17(13)22)10-14-16(21)6-4-8-18(14)23/h3-8H,9-10H2,1-2H3. The zero-order chi connectivity index (χ0) is 18.8. The number of rotatable bonds is 6. The lowest BCUT2D eigenvalue weighted by Gasteiger charge is -2.30. The summed E-state index contributed by atoms with van der Waals surface area (Å²) in [6.07, 6.45) is -0.540. The quantitative estimate of drug-likeness (QED) is 0.639. The molecule has 0 saturated heterocycles. The molecule has 2 aromatic carbocycles. The topological polar surface area (TPSA) is 34.1 Å². The van der Waals surface area contributed by atoms with Gasteiger partial charge in [0.15, 0.2) is 0 Å². The third-order valence-electron chi connectivity index (χ3n) is 4.43. The Kier molecular flexibility index (Phi) is 5.96. The van der Waals surface area contributed by atoms with E-state index in [2.05, 4.69) is 0 Å². The molecule has 0 amide bonds. The maximum Gasteiger partial charge on any atom is 0.144 e. The van der Waals surface area contributed by atoms with Crippen molar-refractivity contribution in [2.45, 2.75) is 26.7 Å². The third kappa shape index (κ3) is 3.91. The highest BCUT2D eigenvalue weighted by molar-refractivity contribution is 6.31. The van der Waals surface area contributed by atoms with Crippen LogP contribution in [-0.2, 0) is 22.4 Å². The number of Topliss-reactive ketones (excluding diaryl/α,β-unsaturated/α-hetero) is 2. The normalized spacial score (nSPS) is 11.4. The van der Waals surface area contributed by atoms with E-state index in [4.69, 9.17) is 23.2 Å². The van der Waals surface area contributed by atoms with Crippen molar-refractivity contribution in [3.05, 3.63) is 69.2 Å². The van der Waals surface area contributed by atoms with Gasteiger partial charge in [-0.3, -0.25) is 9.59 Å². The van der Waals surface area contributed by atoms with Crippen LogP contribution in [0.1, 0.15) is 25.0 Å². The van der Waals surface area contributed by atoms with Gasteiger partial charge in [0.05, 0.1) is 5.41 Å². The average molecular weight is 385 g/mol. The van der Waals surface area contributed by atoms with Crippen molar-refractivity contribution in [2.24, 2.45) is 5.41 Å². The molecule has 0 fully saturated rings. The van der Waals surface area contributed by atoms with E-state index >= 15 is 0 Å². The third-order valence-corrected chi connectivity index (χ3v) is 5.14. The largest absolute Gasteiger partial charge is 0.299 e. The Hall–Kier alpha value is -1.78. The van der Waals surface area contributed by atoms with Crippen LogP contribution in [0.2, 0.25) is 10.0 Å². The predicted octanol–water partition coefficient (Wildman–Crippen LogP) is 5.22. The molecule has 0 aliphatic heterocycles. The molecule has 0 aliphatic carbocycles. The molecule has 0 aliphatic rings. The summed E-state index contributed by atoms with van der Waals surface area (Å²) in [4.78, 5) is 24.8. The van der Waals surface area contributed by atoms with E-state index < -0.39 is 28.6 Å². The van der Waals surface area contributed by atoms with E-state index in [1.807, 2.05) is 0 Å². The molecule has 0 radical (unpaired) electrons. The molecule has 0 spiro atoms. The van der Waals surface area contributed by atoms with E-state index in [1.54, 1.807) is 0 Å². The molecule has 0 heterocycles. The first kappa shape index (κ1) is 19.5. The van der Waals surface area contributed by atoms with Crippen LogP contribution in [0.25, 0.3) is 0 Å². The van der Waals surface area contributed by atoms with Gasteiger partial charge in [0.25, 0.3) is 0 Å². The first-order chi connectivity index (χ1) is 11.7. The summed E-state index contributed by atoms with van der Waals surface area (Å²) >= 11 is 12.1. The molecule has 0 bridgehead atoms. The fourth-order valence-electron chi connectivity index (χ4n) is 2.81. The van der Waals surface area contributed by atoms with Gasteiger partial charge in [0.2, 0.25) is 0 Å². The van der Waals surface area contributed by atoms with Crippen LogP contribution in [0.4, 0.5) is 8.78 Å². The molecular weight excluding hydrogens is 369 g/mol. The van der Waals surface area contributed by atoms with Crippen LogP contribution in [-0.4, -0.2) is 11.6 Å². The van der Waals surface area contributed by atoms with Gasteiger partial charge in [0.1, 0.15) is 23.2 Å². The molecule has 2 nitrogen and oxygen atoms in total. The summed E-state index contributed by atoms with van der Waals surface area (Å²) in [7, 11) is 0. The fraction of sp³-hybridized carbons (Fsp3) is 0.263. The van der Waals surface area contributed by atoms with Gasteiger partial charge in [-0.25, -0.2) is 8.78 Å². The van der Waals surface area contributed by atoms with E-state index in [9.17, 15) is 18.4 Å². The smallest absolute Gasteiger partial charge is 0.144 e. The SMILES string of the molecule is CC(=O)C(Cc1c(F)cccc1Cl)(Cc1c(F)cccc1Cl)C(C)=O. The summed E-state index contributed by atoms with van der Waals surface area (Å²) in [5.74, 6) is -2.25. The van der Waals surface area contributed by atoms with Gasteiger partial charge < -0.3 is 0 Å². The second-order valence-corrected chi connectivity index (χ2v) is 6.76. The van der Waals surface area contributed by atoms with Crippen LogP contribution in [0, 0.1) is 17.0 Å². The van der Waals surface area contributed by atoms with Crippen molar-refractivity contribution >= 4 is 34.8 Å². The summed E-state index contributed by atoms with van der Waals surface area (Å²) in [5, 5.41) is 0.206. The lowest BCUT2D eigenvalue weighted by Crippen LogP contribution is -2.41. The Morgan fingerprint density at radius 2 is 1.20 bits per heavy atom. The average Bonchev–Trinajstić information content (AvgIpc) is 2.52. The number of hydrogen-bond donors (Lipinski definition) is 0. The second kappa shape index (κ2) is 7.63. The molecule has 6 heteroatoms. The Morgan fingerprint density at radius 3 is 1.48 bits per heavy atom. The maximum atomic E-state index is 14.2. The van der Waals surface area contributed by atoms with Crippen LogP contribution in [0.5, 0.6) is 0 Å². The Labute approximate surface area is 154 Å². The summed E-state index contributed by atoms with van der Waals surface area (Å²) < 4.78 is 28.4. The van der Waals surface area contributed by atoms with Crippen molar-refractivity contribution in [3.8, 4) is 0 Å². The first-order valence-corrected chi connectivity index (χ1v) is 8.32. The number of hydrogen-bond acceptors (Lipinski definition) is 2. The van der Waals surface area contributed by atoms with Crippen molar-refractivity contribution in [1.82, 2.24) is 0 Å². The van der Waals surface area contributed by atoms with Crippen molar-refractivity contribution < 1.29 is 18.4 Å². The minimum absolute atomic E-state index is 0.0435. The molecule has 0 atom stereocenters. The maximum absolute atomic E-state index is 14.2. The lowest BCUT2D eigenvalue weighted by molar-refractivity contribution is -0.138. The minimum atomic E-state index is -1.66. The van der Waals surface area contributed by atoms with Crippen LogP contribution in [0.15, 0.2) is 36.4 Å². The summed E-state index contributed by atoms with van der Waals surface area (Å²) in [6.45, 7) is 2.45. The fourth-order valence-corrected chi connectivity index (χ4v) is 3.27. The van der Waals surface area contributed by atoms with E-state index in [0.717, 1.165) is 0 Å². The van der Waals surface area contributed by atoms with E-state index in [0.29, 0.717) is 0 Å². The van der Waals surface area contributed by atoms with Crippen molar-refractivity contribution in [2.75, 3.05) is 0 Å².